The molecule has 3 aromatic rings. The Bertz CT molecular complexity index is 1210. The van der Waals surface area contributed by atoms with E-state index in [1.54, 1.807) is 12.1 Å². The second-order valence-electron chi connectivity index (χ2n) is 8.29. The molecule has 166 valence electrons. The number of nitrogens with zero attached hydrogens (tertiary/aromatic N) is 1. The molecule has 4 rings (SSSR count). The molecular weight excluding hydrogens is 422 g/mol. The number of hydrogen-bond acceptors (Lipinski definition) is 4. The van der Waals surface area contributed by atoms with E-state index in [1.807, 2.05) is 55.5 Å². The number of carbonyl (C=O) groups is 1. The van der Waals surface area contributed by atoms with Gasteiger partial charge in [-0.15, -0.1) is 0 Å². The van der Waals surface area contributed by atoms with Gasteiger partial charge < -0.3 is 10.6 Å². The SMILES string of the molecule is C[C@H](NC(=O)Nc1ccc(S(=O)(=O)Cc2ccc3c(c2)CN(C)C3)cc1)c1ccccc1. The van der Waals surface area contributed by atoms with Crippen molar-refractivity contribution in [2.75, 3.05) is 12.4 Å². The summed E-state index contributed by atoms with van der Waals surface area (Å²) in [5, 5.41) is 5.63. The Morgan fingerprint density at radius 1 is 0.969 bits per heavy atom. The predicted molar refractivity (Wildman–Crippen MR) is 126 cm³/mol. The first-order valence-corrected chi connectivity index (χ1v) is 12.2. The summed E-state index contributed by atoms with van der Waals surface area (Å²) in [6.07, 6.45) is 0. The lowest BCUT2D eigenvalue weighted by molar-refractivity contribution is 0.249. The van der Waals surface area contributed by atoms with E-state index in [0.29, 0.717) is 5.69 Å². The fourth-order valence-corrected chi connectivity index (χ4v) is 5.28. The van der Waals surface area contributed by atoms with E-state index in [1.165, 1.54) is 23.3 Å². The molecule has 2 amide bonds. The summed E-state index contributed by atoms with van der Waals surface area (Å²) in [4.78, 5) is 14.7. The molecular formula is C25H27N3O3S. The Labute approximate surface area is 189 Å². The van der Waals surface area contributed by atoms with Gasteiger partial charge in [-0.3, -0.25) is 4.90 Å². The summed E-state index contributed by atoms with van der Waals surface area (Å²) in [5.74, 6) is -0.0498. The average Bonchev–Trinajstić information content (AvgIpc) is 3.13. The second-order valence-corrected chi connectivity index (χ2v) is 10.3. The smallest absolute Gasteiger partial charge is 0.319 e. The van der Waals surface area contributed by atoms with Crippen molar-refractivity contribution in [2.45, 2.75) is 36.7 Å². The zero-order valence-electron chi connectivity index (χ0n) is 18.2. The third kappa shape index (κ3) is 5.18. The fraction of sp³-hybridized carbons (Fsp3) is 0.240. The van der Waals surface area contributed by atoms with E-state index in [9.17, 15) is 13.2 Å². The summed E-state index contributed by atoms with van der Waals surface area (Å²) in [7, 11) is -1.44. The third-order valence-corrected chi connectivity index (χ3v) is 7.33. The van der Waals surface area contributed by atoms with Crippen LogP contribution < -0.4 is 10.6 Å². The highest BCUT2D eigenvalue weighted by Crippen LogP contribution is 2.25. The molecule has 1 heterocycles. The maximum absolute atomic E-state index is 12.9. The summed E-state index contributed by atoms with van der Waals surface area (Å²) < 4.78 is 25.8. The molecule has 0 fully saturated rings. The van der Waals surface area contributed by atoms with Crippen LogP contribution in [-0.2, 0) is 28.7 Å². The molecule has 0 saturated heterocycles. The molecule has 1 atom stereocenters. The average molecular weight is 450 g/mol. The van der Waals surface area contributed by atoms with Crippen LogP contribution in [0.4, 0.5) is 10.5 Å². The van der Waals surface area contributed by atoms with E-state index in [0.717, 1.165) is 24.2 Å². The standard InChI is InChI=1S/C25H27N3O3S/c1-18(20-6-4-3-5-7-20)26-25(29)27-23-10-12-24(13-11-23)32(30,31)17-19-8-9-21-15-28(2)16-22(21)14-19/h3-14,18H,15-17H2,1-2H3,(H2,26,27,29)/t18-/m0/s1. The Balaban J connectivity index is 1.38. The van der Waals surface area contributed by atoms with E-state index < -0.39 is 9.84 Å². The van der Waals surface area contributed by atoms with Crippen LogP contribution in [0.1, 0.15) is 35.2 Å². The lowest BCUT2D eigenvalue weighted by Gasteiger charge is -2.15. The number of urea groups is 1. The van der Waals surface area contributed by atoms with Crippen molar-refractivity contribution in [2.24, 2.45) is 0 Å². The van der Waals surface area contributed by atoms with Crippen LogP contribution in [0, 0.1) is 0 Å². The van der Waals surface area contributed by atoms with Crippen LogP contribution in [0.25, 0.3) is 0 Å². The van der Waals surface area contributed by atoms with Gasteiger partial charge in [-0.1, -0.05) is 48.5 Å². The van der Waals surface area contributed by atoms with Crippen molar-refractivity contribution < 1.29 is 13.2 Å². The van der Waals surface area contributed by atoms with Gasteiger partial charge in [0.25, 0.3) is 0 Å². The van der Waals surface area contributed by atoms with Crippen molar-refractivity contribution >= 4 is 21.6 Å². The first kappa shape index (κ1) is 22.0. The summed E-state index contributed by atoms with van der Waals surface area (Å²) in [6, 6.07) is 21.4. The number of hydrogen-bond donors (Lipinski definition) is 2. The molecule has 0 aromatic heterocycles. The maximum atomic E-state index is 12.9. The van der Waals surface area contributed by atoms with E-state index in [4.69, 9.17) is 0 Å². The lowest BCUT2D eigenvalue weighted by Crippen LogP contribution is -2.31. The van der Waals surface area contributed by atoms with E-state index in [2.05, 4.69) is 22.6 Å². The van der Waals surface area contributed by atoms with Crippen molar-refractivity contribution in [3.05, 3.63) is 95.1 Å². The van der Waals surface area contributed by atoms with Crippen LogP contribution in [0.3, 0.4) is 0 Å². The minimum atomic E-state index is -3.49. The van der Waals surface area contributed by atoms with Crippen LogP contribution in [0.15, 0.2) is 77.7 Å². The Hall–Kier alpha value is -3.16. The van der Waals surface area contributed by atoms with Crippen molar-refractivity contribution in [1.29, 1.82) is 0 Å². The van der Waals surface area contributed by atoms with E-state index >= 15 is 0 Å². The lowest BCUT2D eigenvalue weighted by atomic mass is 10.1. The highest BCUT2D eigenvalue weighted by Gasteiger charge is 2.19. The van der Waals surface area contributed by atoms with Gasteiger partial charge in [0.2, 0.25) is 0 Å². The van der Waals surface area contributed by atoms with Gasteiger partial charge in [-0.2, -0.15) is 0 Å². The molecule has 0 saturated carbocycles. The van der Waals surface area contributed by atoms with Crippen molar-refractivity contribution in [3.63, 3.8) is 0 Å². The Kier molecular flexibility index (Phi) is 6.30. The first-order valence-electron chi connectivity index (χ1n) is 10.5. The predicted octanol–water partition coefficient (Wildman–Crippen LogP) is 4.49. The largest absolute Gasteiger partial charge is 0.331 e. The van der Waals surface area contributed by atoms with Crippen molar-refractivity contribution in [1.82, 2.24) is 10.2 Å². The molecule has 0 radical (unpaired) electrons. The molecule has 2 N–H and O–H groups in total. The van der Waals surface area contributed by atoms with Gasteiger partial charge in [-0.05, 0) is 60.5 Å². The Morgan fingerprint density at radius 3 is 2.38 bits per heavy atom. The minimum absolute atomic E-state index is 0.0498. The van der Waals surface area contributed by atoms with Crippen LogP contribution in [0.5, 0.6) is 0 Å². The highest BCUT2D eigenvalue weighted by molar-refractivity contribution is 7.90. The number of carbonyl (C=O) groups excluding carboxylic acids is 1. The zero-order valence-corrected chi connectivity index (χ0v) is 19.0. The number of nitrogens with one attached hydrogen (secondary N) is 2. The monoisotopic (exact) mass is 449 g/mol. The molecule has 0 bridgehead atoms. The summed E-state index contributed by atoms with van der Waals surface area (Å²) in [6.45, 7) is 3.64. The molecule has 3 aromatic carbocycles. The summed E-state index contributed by atoms with van der Waals surface area (Å²) in [5.41, 5.74) is 4.76. The van der Waals surface area contributed by atoms with Crippen LogP contribution in [-0.4, -0.2) is 26.4 Å². The van der Waals surface area contributed by atoms with Gasteiger partial charge >= 0.3 is 6.03 Å². The molecule has 0 spiro atoms. The maximum Gasteiger partial charge on any atom is 0.319 e. The molecule has 7 heteroatoms. The second kappa shape index (κ2) is 9.14. The van der Waals surface area contributed by atoms with Crippen LogP contribution in [0.2, 0.25) is 0 Å². The third-order valence-electron chi connectivity index (χ3n) is 5.63. The van der Waals surface area contributed by atoms with E-state index in [-0.39, 0.29) is 22.7 Å². The topological polar surface area (TPSA) is 78.5 Å². The van der Waals surface area contributed by atoms with Gasteiger partial charge in [0.15, 0.2) is 9.84 Å². The number of benzene rings is 3. The number of fused-ring (bicyclic) bond motifs is 1. The van der Waals surface area contributed by atoms with Gasteiger partial charge in [0, 0.05) is 18.8 Å². The van der Waals surface area contributed by atoms with Gasteiger partial charge in [0.05, 0.1) is 16.7 Å². The van der Waals surface area contributed by atoms with Gasteiger partial charge in [0.1, 0.15) is 0 Å². The van der Waals surface area contributed by atoms with Crippen molar-refractivity contribution in [3.8, 4) is 0 Å². The molecule has 0 aliphatic carbocycles. The molecule has 0 unspecified atom stereocenters. The first-order chi connectivity index (χ1) is 15.3. The molecule has 6 nitrogen and oxygen atoms in total. The number of anilines is 1. The number of rotatable bonds is 6. The zero-order chi connectivity index (χ0) is 22.7. The number of amides is 2. The normalized spacial score (nSPS) is 14.6. The molecule has 32 heavy (non-hydrogen) atoms. The fourth-order valence-electron chi connectivity index (χ4n) is 3.95. The molecule has 1 aliphatic rings. The Morgan fingerprint density at radius 2 is 1.66 bits per heavy atom. The number of sulfone groups is 1. The summed E-state index contributed by atoms with van der Waals surface area (Å²) >= 11 is 0. The minimum Gasteiger partial charge on any atom is -0.331 e. The van der Waals surface area contributed by atoms with Crippen LogP contribution >= 0.6 is 0 Å². The highest BCUT2D eigenvalue weighted by atomic mass is 32.2. The molecule has 1 aliphatic heterocycles. The van der Waals surface area contributed by atoms with Gasteiger partial charge in [-0.25, -0.2) is 13.2 Å². The quantitative estimate of drug-likeness (QED) is 0.581.